The van der Waals surface area contributed by atoms with Gasteiger partial charge < -0.3 is 14.5 Å². The zero-order chi connectivity index (χ0) is 18.4. The van der Waals surface area contributed by atoms with Crippen LogP contribution in [0.2, 0.25) is 0 Å². The van der Waals surface area contributed by atoms with Crippen LogP contribution in [-0.2, 0) is 4.79 Å². The summed E-state index contributed by atoms with van der Waals surface area (Å²) in [4.78, 5) is 19.7. The summed E-state index contributed by atoms with van der Waals surface area (Å²) in [7, 11) is 1.70. The minimum atomic E-state index is 0.314. The van der Waals surface area contributed by atoms with Crippen LogP contribution in [0, 0.1) is 0 Å². The summed E-state index contributed by atoms with van der Waals surface area (Å²) in [5.74, 6) is 1.21. The van der Waals surface area contributed by atoms with Crippen molar-refractivity contribution in [1.29, 1.82) is 0 Å². The van der Waals surface area contributed by atoms with Crippen molar-refractivity contribution < 1.29 is 9.53 Å². The fourth-order valence-corrected chi connectivity index (χ4v) is 4.28. The minimum absolute atomic E-state index is 0.314. The Balaban J connectivity index is 1.50. The molecule has 1 aromatic rings. The lowest BCUT2D eigenvalue weighted by Crippen LogP contribution is -2.51. The predicted molar refractivity (Wildman–Crippen MR) is 106 cm³/mol. The second-order valence-corrected chi connectivity index (χ2v) is 7.44. The topological polar surface area (TPSA) is 36.0 Å². The SMILES string of the molecule is CCN(C(=O)CN1CCN(c2cccc(OC)c2)CC1)C1CCCCC1. The lowest BCUT2D eigenvalue weighted by atomic mass is 9.94. The molecule has 0 atom stereocenters. The van der Waals surface area contributed by atoms with Gasteiger partial charge in [-0.2, -0.15) is 0 Å². The number of carbonyl (C=O) groups excluding carboxylic acids is 1. The van der Waals surface area contributed by atoms with Crippen LogP contribution in [0.5, 0.6) is 5.75 Å². The van der Waals surface area contributed by atoms with Crippen LogP contribution >= 0.6 is 0 Å². The first kappa shape index (κ1) is 19.0. The number of ether oxygens (including phenoxy) is 1. The van der Waals surface area contributed by atoms with E-state index < -0.39 is 0 Å². The Morgan fingerprint density at radius 1 is 1.15 bits per heavy atom. The molecule has 5 nitrogen and oxygen atoms in total. The Morgan fingerprint density at radius 2 is 1.88 bits per heavy atom. The van der Waals surface area contributed by atoms with E-state index in [0.29, 0.717) is 18.5 Å². The van der Waals surface area contributed by atoms with Gasteiger partial charge in [-0.1, -0.05) is 25.3 Å². The highest BCUT2D eigenvalue weighted by Crippen LogP contribution is 2.24. The third kappa shape index (κ3) is 4.70. The maximum atomic E-state index is 12.8. The molecule has 0 unspecified atom stereocenters. The van der Waals surface area contributed by atoms with Gasteiger partial charge in [-0.25, -0.2) is 0 Å². The van der Waals surface area contributed by atoms with Gasteiger partial charge in [0.05, 0.1) is 13.7 Å². The van der Waals surface area contributed by atoms with Crippen LogP contribution < -0.4 is 9.64 Å². The number of carbonyl (C=O) groups is 1. The molecule has 26 heavy (non-hydrogen) atoms. The quantitative estimate of drug-likeness (QED) is 0.782. The molecule has 0 spiro atoms. The lowest BCUT2D eigenvalue weighted by molar-refractivity contribution is -0.135. The summed E-state index contributed by atoms with van der Waals surface area (Å²) in [5.41, 5.74) is 1.20. The molecule has 3 rings (SSSR count). The molecular formula is C21H33N3O2. The highest BCUT2D eigenvalue weighted by molar-refractivity contribution is 5.78. The maximum Gasteiger partial charge on any atom is 0.236 e. The molecule has 1 saturated carbocycles. The van der Waals surface area contributed by atoms with Crippen molar-refractivity contribution >= 4 is 11.6 Å². The zero-order valence-corrected chi connectivity index (χ0v) is 16.3. The number of nitrogens with zero attached hydrogens (tertiary/aromatic N) is 3. The molecule has 5 heteroatoms. The van der Waals surface area contributed by atoms with E-state index in [0.717, 1.165) is 38.5 Å². The maximum absolute atomic E-state index is 12.8. The van der Waals surface area contributed by atoms with Gasteiger partial charge >= 0.3 is 0 Å². The normalized spacial score (nSPS) is 19.4. The molecule has 144 valence electrons. The Hall–Kier alpha value is -1.75. The monoisotopic (exact) mass is 359 g/mol. The van der Waals surface area contributed by atoms with Gasteiger partial charge in [-0.3, -0.25) is 9.69 Å². The van der Waals surface area contributed by atoms with Crippen molar-refractivity contribution in [3.63, 3.8) is 0 Å². The minimum Gasteiger partial charge on any atom is -0.497 e. The van der Waals surface area contributed by atoms with Crippen molar-refractivity contribution in [2.75, 3.05) is 51.3 Å². The van der Waals surface area contributed by atoms with E-state index in [9.17, 15) is 4.79 Å². The number of hydrogen-bond donors (Lipinski definition) is 0. The summed E-state index contributed by atoms with van der Waals surface area (Å²) in [6, 6.07) is 8.70. The zero-order valence-electron chi connectivity index (χ0n) is 16.3. The van der Waals surface area contributed by atoms with Crippen molar-refractivity contribution in [2.24, 2.45) is 0 Å². The number of benzene rings is 1. The molecular weight excluding hydrogens is 326 g/mol. The Labute approximate surface area is 157 Å². The molecule has 2 aliphatic rings. The number of rotatable bonds is 6. The first-order valence-electron chi connectivity index (χ1n) is 10.1. The second kappa shape index (κ2) is 9.26. The summed E-state index contributed by atoms with van der Waals surface area (Å²) in [6.45, 7) is 7.30. The summed E-state index contributed by atoms with van der Waals surface area (Å²) in [5, 5.41) is 0. The van der Waals surface area contributed by atoms with Crippen molar-refractivity contribution in [1.82, 2.24) is 9.80 Å². The molecule has 0 bridgehead atoms. The molecule has 0 aromatic heterocycles. The molecule has 1 amide bonds. The van der Waals surface area contributed by atoms with Crippen molar-refractivity contribution in [3.8, 4) is 5.75 Å². The van der Waals surface area contributed by atoms with Gasteiger partial charge in [-0.05, 0) is 31.9 Å². The number of piperazine rings is 1. The second-order valence-electron chi connectivity index (χ2n) is 7.44. The number of methoxy groups -OCH3 is 1. The highest BCUT2D eigenvalue weighted by Gasteiger charge is 2.26. The van der Waals surface area contributed by atoms with Gasteiger partial charge in [0.2, 0.25) is 5.91 Å². The van der Waals surface area contributed by atoms with Gasteiger partial charge in [0, 0.05) is 50.5 Å². The van der Waals surface area contributed by atoms with Crippen molar-refractivity contribution in [2.45, 2.75) is 45.1 Å². The van der Waals surface area contributed by atoms with E-state index >= 15 is 0 Å². The van der Waals surface area contributed by atoms with Crippen LogP contribution in [0.25, 0.3) is 0 Å². The first-order chi connectivity index (χ1) is 12.7. The average Bonchev–Trinajstić information content (AvgIpc) is 2.70. The third-order valence-corrected chi connectivity index (χ3v) is 5.83. The smallest absolute Gasteiger partial charge is 0.236 e. The third-order valence-electron chi connectivity index (χ3n) is 5.83. The van der Waals surface area contributed by atoms with Gasteiger partial charge in [0.1, 0.15) is 5.75 Å². The largest absolute Gasteiger partial charge is 0.497 e. The van der Waals surface area contributed by atoms with Crippen LogP contribution in [0.4, 0.5) is 5.69 Å². The van der Waals surface area contributed by atoms with E-state index in [1.807, 2.05) is 12.1 Å². The fourth-order valence-electron chi connectivity index (χ4n) is 4.28. The fraction of sp³-hybridized carbons (Fsp3) is 0.667. The van der Waals surface area contributed by atoms with E-state index in [1.165, 1.54) is 37.8 Å². The van der Waals surface area contributed by atoms with Crippen molar-refractivity contribution in [3.05, 3.63) is 24.3 Å². The lowest BCUT2D eigenvalue weighted by Gasteiger charge is -2.38. The molecule has 1 heterocycles. The molecule has 2 fully saturated rings. The Morgan fingerprint density at radius 3 is 2.54 bits per heavy atom. The number of likely N-dealkylation sites (N-methyl/N-ethyl adjacent to an activating group) is 1. The number of anilines is 1. The van der Waals surface area contributed by atoms with Gasteiger partial charge in [0.25, 0.3) is 0 Å². The number of hydrogen-bond acceptors (Lipinski definition) is 4. The molecule has 0 N–H and O–H groups in total. The van der Waals surface area contributed by atoms with E-state index in [-0.39, 0.29) is 0 Å². The summed E-state index contributed by atoms with van der Waals surface area (Å²) in [6.07, 6.45) is 6.24. The molecule has 1 aliphatic carbocycles. The summed E-state index contributed by atoms with van der Waals surface area (Å²) < 4.78 is 5.33. The van der Waals surface area contributed by atoms with E-state index in [4.69, 9.17) is 4.74 Å². The Bertz CT molecular complexity index is 578. The predicted octanol–water partition coefficient (Wildman–Crippen LogP) is 3.00. The summed E-state index contributed by atoms with van der Waals surface area (Å²) >= 11 is 0. The number of amides is 1. The highest BCUT2D eigenvalue weighted by atomic mass is 16.5. The van der Waals surface area contributed by atoms with Crippen LogP contribution in [0.15, 0.2) is 24.3 Å². The van der Waals surface area contributed by atoms with E-state index in [1.54, 1.807) is 7.11 Å². The van der Waals surface area contributed by atoms with Crippen LogP contribution in [0.3, 0.4) is 0 Å². The molecule has 1 aliphatic heterocycles. The van der Waals surface area contributed by atoms with Gasteiger partial charge in [-0.15, -0.1) is 0 Å². The first-order valence-corrected chi connectivity index (χ1v) is 10.1. The average molecular weight is 360 g/mol. The molecule has 0 radical (unpaired) electrons. The van der Waals surface area contributed by atoms with Crippen LogP contribution in [0.1, 0.15) is 39.0 Å². The molecule has 1 saturated heterocycles. The molecule has 1 aromatic carbocycles. The van der Waals surface area contributed by atoms with E-state index in [2.05, 4.69) is 33.8 Å². The van der Waals surface area contributed by atoms with Gasteiger partial charge in [0.15, 0.2) is 0 Å². The Kier molecular flexibility index (Phi) is 6.78. The standard InChI is InChI=1S/C21H33N3O2/c1-3-24(18-8-5-4-6-9-18)21(25)17-22-12-14-23(15-13-22)19-10-7-11-20(16-19)26-2/h7,10-11,16,18H,3-6,8-9,12-15,17H2,1-2H3. The van der Waals surface area contributed by atoms with Crippen LogP contribution in [-0.4, -0.2) is 68.1 Å².